The molecule has 1 aliphatic carbocycles. The summed E-state index contributed by atoms with van der Waals surface area (Å²) in [5, 5.41) is 6.07. The van der Waals surface area contributed by atoms with Crippen LogP contribution in [0.25, 0.3) is 5.65 Å². The Morgan fingerprint density at radius 1 is 1.33 bits per heavy atom. The highest BCUT2D eigenvalue weighted by Crippen LogP contribution is 2.28. The highest BCUT2D eigenvalue weighted by Gasteiger charge is 2.28. The highest BCUT2D eigenvalue weighted by molar-refractivity contribution is 5.80. The van der Waals surface area contributed by atoms with Crippen LogP contribution >= 0.6 is 0 Å². The maximum atomic E-state index is 11.9. The summed E-state index contributed by atoms with van der Waals surface area (Å²) in [6.07, 6.45) is 3.74. The van der Waals surface area contributed by atoms with Crippen molar-refractivity contribution >= 4 is 11.6 Å². The highest BCUT2D eigenvalue weighted by atomic mass is 16.2. The van der Waals surface area contributed by atoms with Crippen LogP contribution in [0, 0.1) is 5.92 Å². The zero-order valence-electron chi connectivity index (χ0n) is 11.7. The molecular weight excluding hydrogens is 268 g/mol. The second kappa shape index (κ2) is 6.05. The lowest BCUT2D eigenvalue weighted by atomic mass is 10.3. The van der Waals surface area contributed by atoms with Gasteiger partial charge in [0.25, 0.3) is 5.56 Å². The van der Waals surface area contributed by atoms with E-state index in [0.717, 1.165) is 12.8 Å². The van der Waals surface area contributed by atoms with Crippen LogP contribution in [0.15, 0.2) is 35.3 Å². The molecule has 21 heavy (non-hydrogen) atoms. The third kappa shape index (κ3) is 3.46. The molecule has 0 bridgehead atoms. The number of rotatable bonds is 6. The van der Waals surface area contributed by atoms with Crippen molar-refractivity contribution in [3.8, 4) is 0 Å². The van der Waals surface area contributed by atoms with E-state index in [0.29, 0.717) is 31.0 Å². The van der Waals surface area contributed by atoms with Gasteiger partial charge in [-0.05, 0) is 25.0 Å². The van der Waals surface area contributed by atoms with E-state index >= 15 is 0 Å². The topological polar surface area (TPSA) is 75.5 Å². The molecule has 1 aliphatic rings. The van der Waals surface area contributed by atoms with E-state index in [1.165, 1.54) is 10.5 Å². The van der Waals surface area contributed by atoms with Crippen molar-refractivity contribution in [3.05, 3.63) is 46.5 Å². The first-order valence-corrected chi connectivity index (χ1v) is 7.20. The van der Waals surface area contributed by atoms with Gasteiger partial charge in [-0.15, -0.1) is 0 Å². The molecular formula is C15H18N4O2. The summed E-state index contributed by atoms with van der Waals surface area (Å²) in [6.45, 7) is 1.77. The van der Waals surface area contributed by atoms with Crippen LogP contribution in [0.3, 0.4) is 0 Å². The van der Waals surface area contributed by atoms with E-state index in [4.69, 9.17) is 0 Å². The lowest BCUT2D eigenvalue weighted by molar-refractivity contribution is -0.122. The number of amides is 1. The maximum absolute atomic E-state index is 11.9. The zero-order valence-corrected chi connectivity index (χ0v) is 11.7. The maximum Gasteiger partial charge on any atom is 0.258 e. The molecule has 0 unspecified atom stereocenters. The molecule has 2 aromatic heterocycles. The Morgan fingerprint density at radius 2 is 2.19 bits per heavy atom. The predicted octanol–water partition coefficient (Wildman–Crippen LogP) is 0.310. The average molecular weight is 286 g/mol. The average Bonchev–Trinajstić information content (AvgIpc) is 3.31. The smallest absolute Gasteiger partial charge is 0.258 e. The summed E-state index contributed by atoms with van der Waals surface area (Å²) in [7, 11) is 0. The molecule has 0 saturated heterocycles. The molecule has 0 radical (unpaired) electrons. The fourth-order valence-electron chi connectivity index (χ4n) is 2.17. The summed E-state index contributed by atoms with van der Waals surface area (Å²) in [5.74, 6) is 0.395. The molecule has 1 amide bonds. The number of hydrogen-bond donors (Lipinski definition) is 2. The van der Waals surface area contributed by atoms with Gasteiger partial charge >= 0.3 is 0 Å². The molecule has 1 fully saturated rings. The van der Waals surface area contributed by atoms with Gasteiger partial charge in [-0.3, -0.25) is 14.0 Å². The number of aromatic nitrogens is 2. The lowest BCUT2D eigenvalue weighted by Gasteiger charge is -2.07. The van der Waals surface area contributed by atoms with E-state index in [2.05, 4.69) is 15.6 Å². The van der Waals surface area contributed by atoms with Gasteiger partial charge in [-0.2, -0.15) is 0 Å². The molecule has 0 aliphatic heterocycles. The number of pyridine rings is 1. The largest absolute Gasteiger partial charge is 0.355 e. The van der Waals surface area contributed by atoms with Crippen molar-refractivity contribution in [2.75, 3.05) is 13.1 Å². The van der Waals surface area contributed by atoms with Crippen LogP contribution in [-0.4, -0.2) is 28.4 Å². The minimum absolute atomic E-state index is 0.0839. The number of fused-ring (bicyclic) bond motifs is 1. The minimum Gasteiger partial charge on any atom is -0.355 e. The summed E-state index contributed by atoms with van der Waals surface area (Å²) in [6, 6.07) is 6.99. The molecule has 3 rings (SSSR count). The summed E-state index contributed by atoms with van der Waals surface area (Å²) >= 11 is 0. The Hall–Kier alpha value is -2.21. The van der Waals surface area contributed by atoms with Crippen LogP contribution < -0.4 is 16.2 Å². The van der Waals surface area contributed by atoms with E-state index < -0.39 is 0 Å². The second-order valence-electron chi connectivity index (χ2n) is 5.26. The third-order valence-corrected chi connectivity index (χ3v) is 3.48. The summed E-state index contributed by atoms with van der Waals surface area (Å²) < 4.78 is 1.51. The van der Waals surface area contributed by atoms with Crippen molar-refractivity contribution in [2.45, 2.75) is 19.4 Å². The minimum atomic E-state index is -0.0839. The molecule has 0 aromatic carbocycles. The van der Waals surface area contributed by atoms with Crippen molar-refractivity contribution in [2.24, 2.45) is 5.92 Å². The number of hydrogen-bond acceptors (Lipinski definition) is 4. The van der Waals surface area contributed by atoms with Crippen LogP contribution in [-0.2, 0) is 11.3 Å². The van der Waals surface area contributed by atoms with Gasteiger partial charge in [0.2, 0.25) is 5.91 Å². The van der Waals surface area contributed by atoms with Gasteiger partial charge in [0.15, 0.2) is 0 Å². The van der Waals surface area contributed by atoms with Gasteiger partial charge < -0.3 is 10.6 Å². The molecule has 6 nitrogen and oxygen atoms in total. The van der Waals surface area contributed by atoms with Crippen LogP contribution in [0.1, 0.15) is 18.5 Å². The SMILES string of the molecule is O=C(NCCNCc1cc(=O)n2ccccc2n1)C1CC1. The Labute approximate surface area is 122 Å². The fraction of sp³-hybridized carbons (Fsp3) is 0.400. The Morgan fingerprint density at radius 3 is 3.00 bits per heavy atom. The lowest BCUT2D eigenvalue weighted by Crippen LogP contribution is -2.32. The van der Waals surface area contributed by atoms with Gasteiger partial charge in [-0.25, -0.2) is 4.98 Å². The first-order valence-electron chi connectivity index (χ1n) is 7.20. The first kappa shape index (κ1) is 13.8. The predicted molar refractivity (Wildman–Crippen MR) is 78.9 cm³/mol. The monoisotopic (exact) mass is 286 g/mol. The molecule has 1 saturated carbocycles. The number of carbonyl (C=O) groups excluding carboxylic acids is 1. The van der Waals surface area contributed by atoms with Crippen LogP contribution in [0.4, 0.5) is 0 Å². The van der Waals surface area contributed by atoms with E-state index in [9.17, 15) is 9.59 Å². The third-order valence-electron chi connectivity index (χ3n) is 3.48. The standard InChI is InChI=1S/C15H18N4O2/c20-14-9-12(18-13-3-1-2-8-19(13)14)10-16-6-7-17-15(21)11-4-5-11/h1-3,8-9,11,16H,4-7,10H2,(H,17,21). The van der Waals surface area contributed by atoms with Crippen LogP contribution in [0.5, 0.6) is 0 Å². The van der Waals surface area contributed by atoms with Crippen LogP contribution in [0.2, 0.25) is 0 Å². The van der Waals surface area contributed by atoms with Crippen molar-refractivity contribution in [1.29, 1.82) is 0 Å². The number of carbonyl (C=O) groups is 1. The normalized spacial score (nSPS) is 14.3. The summed E-state index contributed by atoms with van der Waals surface area (Å²) in [4.78, 5) is 27.8. The van der Waals surface area contributed by atoms with Gasteiger partial charge in [0.1, 0.15) is 5.65 Å². The van der Waals surface area contributed by atoms with E-state index in [-0.39, 0.29) is 17.4 Å². The molecule has 6 heteroatoms. The van der Waals surface area contributed by atoms with E-state index in [1.807, 2.05) is 6.07 Å². The molecule has 2 N–H and O–H groups in total. The second-order valence-corrected chi connectivity index (χ2v) is 5.26. The van der Waals surface area contributed by atoms with Crippen molar-refractivity contribution in [1.82, 2.24) is 20.0 Å². The zero-order chi connectivity index (χ0) is 14.7. The van der Waals surface area contributed by atoms with Gasteiger partial charge in [-0.1, -0.05) is 6.07 Å². The Bertz CT molecular complexity index is 706. The number of nitrogens with one attached hydrogen (secondary N) is 2. The van der Waals surface area contributed by atoms with E-state index in [1.54, 1.807) is 18.3 Å². The Balaban J connectivity index is 1.51. The first-order chi connectivity index (χ1) is 10.2. The van der Waals surface area contributed by atoms with Crippen molar-refractivity contribution < 1.29 is 4.79 Å². The number of nitrogens with zero attached hydrogens (tertiary/aromatic N) is 2. The van der Waals surface area contributed by atoms with Crippen molar-refractivity contribution in [3.63, 3.8) is 0 Å². The quantitative estimate of drug-likeness (QED) is 0.749. The molecule has 0 atom stereocenters. The van der Waals surface area contributed by atoms with Gasteiger partial charge in [0, 0.05) is 37.8 Å². The van der Waals surface area contributed by atoms with Gasteiger partial charge in [0.05, 0.1) is 5.69 Å². The fourth-order valence-corrected chi connectivity index (χ4v) is 2.17. The molecule has 2 aromatic rings. The molecule has 0 spiro atoms. The molecule has 110 valence electrons. The Kier molecular flexibility index (Phi) is 3.96. The molecule has 2 heterocycles. The summed E-state index contributed by atoms with van der Waals surface area (Å²) in [5.41, 5.74) is 1.27.